The highest BCUT2D eigenvalue weighted by atomic mass is 19.1. The Hall–Kier alpha value is -3.48. The van der Waals surface area contributed by atoms with E-state index in [1.807, 2.05) is 19.1 Å². The average Bonchev–Trinajstić information content (AvgIpc) is 3.11. The first-order valence-electron chi connectivity index (χ1n) is 8.06. The monoisotopic (exact) mass is 350 g/mol. The second kappa shape index (κ2) is 6.11. The van der Waals surface area contributed by atoms with Crippen LogP contribution in [-0.4, -0.2) is 19.1 Å². The van der Waals surface area contributed by atoms with Gasteiger partial charge in [0.2, 0.25) is 0 Å². The first-order chi connectivity index (χ1) is 12.6. The fourth-order valence-corrected chi connectivity index (χ4v) is 3.01. The highest BCUT2D eigenvalue weighted by Gasteiger charge is 2.18. The van der Waals surface area contributed by atoms with E-state index in [1.165, 1.54) is 17.0 Å². The minimum atomic E-state index is -0.563. The Morgan fingerprint density at radius 2 is 1.81 bits per heavy atom. The highest BCUT2D eigenvalue weighted by molar-refractivity contribution is 5.71. The molecule has 0 fully saturated rings. The van der Waals surface area contributed by atoms with Crippen molar-refractivity contribution in [1.29, 1.82) is 0 Å². The Bertz CT molecular complexity index is 1240. The van der Waals surface area contributed by atoms with Gasteiger partial charge >= 0.3 is 5.69 Å². The summed E-state index contributed by atoms with van der Waals surface area (Å²) in [5.41, 5.74) is 1.10. The normalized spacial score (nSPS) is 11.2. The molecule has 0 atom stereocenters. The Balaban J connectivity index is 2.04. The fraction of sp³-hybridized carbons (Fsp3) is 0.105. The van der Waals surface area contributed by atoms with Crippen molar-refractivity contribution < 1.29 is 4.39 Å². The quantitative estimate of drug-likeness (QED) is 0.616. The molecule has 0 radical (unpaired) electrons. The molecule has 0 aliphatic heterocycles. The van der Waals surface area contributed by atoms with Crippen molar-refractivity contribution in [1.82, 2.24) is 19.1 Å². The van der Waals surface area contributed by atoms with Crippen LogP contribution in [0.2, 0.25) is 0 Å². The number of fused-ring (bicyclic) bond motifs is 1. The van der Waals surface area contributed by atoms with Crippen LogP contribution < -0.4 is 11.2 Å². The van der Waals surface area contributed by atoms with Crippen LogP contribution in [0.15, 0.2) is 64.4 Å². The lowest BCUT2D eigenvalue weighted by molar-refractivity contribution is 0.587. The number of nitrogens with zero attached hydrogens (tertiary/aromatic N) is 3. The number of hydrogen-bond acceptors (Lipinski definition) is 3. The van der Waals surface area contributed by atoms with Gasteiger partial charge in [-0.1, -0.05) is 36.4 Å². The van der Waals surface area contributed by atoms with E-state index in [0.717, 1.165) is 10.1 Å². The van der Waals surface area contributed by atoms with Crippen molar-refractivity contribution >= 4 is 11.2 Å². The summed E-state index contributed by atoms with van der Waals surface area (Å²) >= 11 is 0. The van der Waals surface area contributed by atoms with E-state index in [4.69, 9.17) is 0 Å². The Kier molecular flexibility index (Phi) is 3.76. The van der Waals surface area contributed by atoms with E-state index < -0.39 is 17.1 Å². The Labute approximate surface area is 147 Å². The molecule has 0 amide bonds. The zero-order valence-corrected chi connectivity index (χ0v) is 13.9. The van der Waals surface area contributed by atoms with Gasteiger partial charge in [-0.2, -0.15) is 0 Å². The summed E-state index contributed by atoms with van der Waals surface area (Å²) in [5.74, 6) is -0.467. The van der Waals surface area contributed by atoms with Crippen LogP contribution >= 0.6 is 0 Å². The summed E-state index contributed by atoms with van der Waals surface area (Å²) in [6, 6.07) is 13.4. The van der Waals surface area contributed by atoms with E-state index in [0.29, 0.717) is 5.69 Å². The molecule has 0 saturated heterocycles. The van der Waals surface area contributed by atoms with Crippen molar-refractivity contribution in [2.24, 2.45) is 0 Å². The summed E-state index contributed by atoms with van der Waals surface area (Å²) in [6.07, 6.45) is 1.37. The number of hydrogen-bond donors (Lipinski definition) is 1. The van der Waals surface area contributed by atoms with Gasteiger partial charge in [0.1, 0.15) is 11.3 Å². The third kappa shape index (κ3) is 2.45. The van der Waals surface area contributed by atoms with E-state index in [2.05, 4.69) is 9.97 Å². The van der Waals surface area contributed by atoms with E-state index in [9.17, 15) is 14.0 Å². The first kappa shape index (κ1) is 16.0. The lowest BCUT2D eigenvalue weighted by atomic mass is 10.2. The molecule has 6 nitrogen and oxygen atoms in total. The van der Waals surface area contributed by atoms with Crippen LogP contribution in [0, 0.1) is 12.7 Å². The molecule has 1 N–H and O–H groups in total. The number of aryl methyl sites for hydroxylation is 1. The van der Waals surface area contributed by atoms with Crippen molar-refractivity contribution in [3.63, 3.8) is 0 Å². The summed E-state index contributed by atoms with van der Waals surface area (Å²) < 4.78 is 16.4. The molecule has 0 spiro atoms. The molecule has 0 saturated carbocycles. The van der Waals surface area contributed by atoms with Gasteiger partial charge in [-0.3, -0.25) is 9.36 Å². The molecule has 7 heteroatoms. The van der Waals surface area contributed by atoms with Crippen LogP contribution in [0.5, 0.6) is 0 Å². The van der Waals surface area contributed by atoms with Crippen molar-refractivity contribution in [3.8, 4) is 5.69 Å². The van der Waals surface area contributed by atoms with Crippen LogP contribution in [0.25, 0.3) is 16.9 Å². The van der Waals surface area contributed by atoms with Crippen molar-refractivity contribution in [2.75, 3.05) is 0 Å². The molecule has 4 rings (SSSR count). The van der Waals surface area contributed by atoms with Gasteiger partial charge in [0, 0.05) is 5.56 Å². The maximum Gasteiger partial charge on any atom is 0.337 e. The largest absolute Gasteiger partial charge is 0.339 e. The van der Waals surface area contributed by atoms with Crippen LogP contribution in [-0.2, 0) is 6.54 Å². The van der Waals surface area contributed by atoms with Gasteiger partial charge in [0.25, 0.3) is 5.56 Å². The number of para-hydroxylation sites is 1. The number of benzene rings is 2. The van der Waals surface area contributed by atoms with Crippen molar-refractivity contribution in [2.45, 2.75) is 13.5 Å². The lowest BCUT2D eigenvalue weighted by Crippen LogP contribution is -2.40. The van der Waals surface area contributed by atoms with Gasteiger partial charge in [0.15, 0.2) is 5.65 Å². The predicted octanol–water partition coefficient (Wildman–Crippen LogP) is 2.37. The third-order valence-electron chi connectivity index (χ3n) is 4.35. The lowest BCUT2D eigenvalue weighted by Gasteiger charge is -2.13. The molecule has 4 aromatic rings. The molecule has 0 aliphatic rings. The van der Waals surface area contributed by atoms with Gasteiger partial charge in [-0.05, 0) is 24.6 Å². The van der Waals surface area contributed by atoms with E-state index in [1.54, 1.807) is 30.3 Å². The number of imidazole rings is 1. The number of H-pyrrole nitrogens is 1. The summed E-state index contributed by atoms with van der Waals surface area (Å²) in [4.78, 5) is 32.8. The average molecular weight is 350 g/mol. The molecule has 0 bridgehead atoms. The van der Waals surface area contributed by atoms with Crippen molar-refractivity contribution in [3.05, 3.63) is 92.6 Å². The van der Waals surface area contributed by atoms with Crippen LogP contribution in [0.1, 0.15) is 11.1 Å². The van der Waals surface area contributed by atoms with Gasteiger partial charge < -0.3 is 4.98 Å². The molecule has 130 valence electrons. The zero-order chi connectivity index (χ0) is 18.3. The van der Waals surface area contributed by atoms with Gasteiger partial charge in [0.05, 0.1) is 18.6 Å². The van der Waals surface area contributed by atoms with E-state index >= 15 is 0 Å². The highest BCUT2D eigenvalue weighted by Crippen LogP contribution is 2.15. The fourth-order valence-electron chi connectivity index (χ4n) is 3.01. The molecule has 0 aliphatic carbocycles. The van der Waals surface area contributed by atoms with Gasteiger partial charge in [-0.25, -0.2) is 18.7 Å². The minimum Gasteiger partial charge on any atom is -0.339 e. The number of aromatic nitrogens is 4. The Morgan fingerprint density at radius 3 is 2.58 bits per heavy atom. The maximum atomic E-state index is 14.0. The smallest absolute Gasteiger partial charge is 0.337 e. The number of rotatable bonds is 3. The predicted molar refractivity (Wildman–Crippen MR) is 96.2 cm³/mol. The SMILES string of the molecule is Cc1ccccc1-n1c(=O)n(Cc2ccccc2F)c(=O)c2[nH]cnc21. The second-order valence-electron chi connectivity index (χ2n) is 5.99. The summed E-state index contributed by atoms with van der Waals surface area (Å²) in [7, 11) is 0. The topological polar surface area (TPSA) is 72.7 Å². The van der Waals surface area contributed by atoms with E-state index in [-0.39, 0.29) is 23.3 Å². The number of halogens is 1. The minimum absolute atomic E-state index is 0.162. The Morgan fingerprint density at radius 1 is 1.08 bits per heavy atom. The number of aromatic amines is 1. The second-order valence-corrected chi connectivity index (χ2v) is 5.99. The molecular weight excluding hydrogens is 335 g/mol. The molecular formula is C19H15FN4O2. The molecule has 26 heavy (non-hydrogen) atoms. The standard InChI is InChI=1S/C19H15FN4O2/c1-12-6-2-5-9-15(12)24-17-16(21-11-22-17)18(25)23(19(24)26)10-13-7-3-4-8-14(13)20/h2-9,11H,10H2,1H3,(H,21,22). The molecule has 0 unspecified atom stereocenters. The van der Waals surface area contributed by atoms with Crippen LogP contribution in [0.4, 0.5) is 4.39 Å². The third-order valence-corrected chi connectivity index (χ3v) is 4.35. The molecule has 2 aromatic carbocycles. The summed E-state index contributed by atoms with van der Waals surface area (Å²) in [5, 5.41) is 0. The number of nitrogens with one attached hydrogen (secondary N) is 1. The summed E-state index contributed by atoms with van der Waals surface area (Å²) in [6.45, 7) is 1.71. The molecule has 2 heterocycles. The first-order valence-corrected chi connectivity index (χ1v) is 8.06. The maximum absolute atomic E-state index is 14.0. The van der Waals surface area contributed by atoms with Crippen LogP contribution in [0.3, 0.4) is 0 Å². The molecule has 2 aromatic heterocycles. The van der Waals surface area contributed by atoms with Gasteiger partial charge in [-0.15, -0.1) is 0 Å². The zero-order valence-electron chi connectivity index (χ0n) is 13.9.